The van der Waals surface area contributed by atoms with Crippen molar-refractivity contribution in [1.82, 2.24) is 0 Å². The number of carbonyl (C=O) groups excluding carboxylic acids is 2. The number of amides is 1. The van der Waals surface area contributed by atoms with Crippen molar-refractivity contribution in [2.24, 2.45) is 5.92 Å². The van der Waals surface area contributed by atoms with E-state index in [1.807, 2.05) is 39.8 Å². The summed E-state index contributed by atoms with van der Waals surface area (Å²) >= 11 is 3.01. The Balaban J connectivity index is 1.81. The molecule has 4 nitrogen and oxygen atoms in total. The number of benzene rings is 2. The van der Waals surface area contributed by atoms with Gasteiger partial charge in [0.15, 0.2) is 0 Å². The minimum absolute atomic E-state index is 0.0351. The zero-order valence-electron chi connectivity index (χ0n) is 20.1. The average molecular weight is 536 g/mol. The first kappa shape index (κ1) is 26.3. The van der Waals surface area contributed by atoms with Gasteiger partial charge in [0.25, 0.3) is 0 Å². The van der Waals surface area contributed by atoms with E-state index in [4.69, 9.17) is 4.74 Å². The normalized spacial score (nSPS) is 15.3. The van der Waals surface area contributed by atoms with Gasteiger partial charge in [0.05, 0.1) is 10.4 Å². The Labute approximate surface area is 208 Å². The standard InChI is InChI=1S/C27H32BrF2NO3/c1-16-17(12-13-24(32)34-27(2,3)4)10-7-11-23(16)31-26(33)25(18-8-5-6-9-18)19-14-22(30)20(28)15-21(19)29/h7,10-11,14-15,18,25H,5-6,8-9,12-13H2,1-4H3,(H,31,33). The van der Waals surface area contributed by atoms with Crippen LogP contribution in [0.25, 0.3) is 0 Å². The minimum Gasteiger partial charge on any atom is -0.460 e. The van der Waals surface area contributed by atoms with Gasteiger partial charge >= 0.3 is 5.97 Å². The first-order chi connectivity index (χ1) is 16.0. The molecule has 1 atom stereocenters. The number of hydrogen-bond acceptors (Lipinski definition) is 3. The van der Waals surface area contributed by atoms with Crippen molar-refractivity contribution in [3.05, 3.63) is 63.1 Å². The molecular weight excluding hydrogens is 504 g/mol. The highest BCUT2D eigenvalue weighted by atomic mass is 79.9. The topological polar surface area (TPSA) is 55.4 Å². The second-order valence-corrected chi connectivity index (χ2v) is 10.8. The molecule has 2 aromatic carbocycles. The number of ether oxygens (including phenoxy) is 1. The number of anilines is 1. The summed E-state index contributed by atoms with van der Waals surface area (Å²) in [5.41, 5.74) is 1.91. The molecule has 0 saturated heterocycles. The zero-order chi connectivity index (χ0) is 25.0. The van der Waals surface area contributed by atoms with Crippen molar-refractivity contribution < 1.29 is 23.1 Å². The molecule has 3 rings (SSSR count). The molecule has 34 heavy (non-hydrogen) atoms. The molecule has 1 fully saturated rings. The van der Waals surface area contributed by atoms with Crippen LogP contribution in [0.5, 0.6) is 0 Å². The largest absolute Gasteiger partial charge is 0.460 e. The maximum Gasteiger partial charge on any atom is 0.306 e. The third-order valence-corrected chi connectivity index (χ3v) is 6.86. The summed E-state index contributed by atoms with van der Waals surface area (Å²) in [6.07, 6.45) is 4.23. The van der Waals surface area contributed by atoms with Crippen molar-refractivity contribution in [3.8, 4) is 0 Å². The van der Waals surface area contributed by atoms with E-state index in [9.17, 15) is 18.4 Å². The average Bonchev–Trinajstić information content (AvgIpc) is 3.25. The number of halogens is 3. The van der Waals surface area contributed by atoms with Crippen molar-refractivity contribution in [1.29, 1.82) is 0 Å². The highest BCUT2D eigenvalue weighted by molar-refractivity contribution is 9.10. The van der Waals surface area contributed by atoms with Crippen LogP contribution in [0, 0.1) is 24.5 Å². The molecule has 0 aromatic heterocycles. The van der Waals surface area contributed by atoms with Gasteiger partial charge in [-0.3, -0.25) is 9.59 Å². The van der Waals surface area contributed by atoms with Crippen LogP contribution in [0.1, 0.15) is 75.5 Å². The lowest BCUT2D eigenvalue weighted by molar-refractivity contribution is -0.154. The van der Waals surface area contributed by atoms with Crippen molar-refractivity contribution in [2.75, 3.05) is 5.32 Å². The van der Waals surface area contributed by atoms with E-state index in [1.54, 1.807) is 6.07 Å². The van der Waals surface area contributed by atoms with Crippen molar-refractivity contribution >= 4 is 33.5 Å². The van der Waals surface area contributed by atoms with Gasteiger partial charge in [-0.25, -0.2) is 8.78 Å². The number of nitrogens with one attached hydrogen (secondary N) is 1. The Bertz CT molecular complexity index is 1060. The van der Waals surface area contributed by atoms with Crippen LogP contribution in [-0.2, 0) is 20.7 Å². The fraction of sp³-hybridized carbons (Fsp3) is 0.481. The molecule has 1 saturated carbocycles. The summed E-state index contributed by atoms with van der Waals surface area (Å²) in [4.78, 5) is 25.6. The summed E-state index contributed by atoms with van der Waals surface area (Å²) < 4.78 is 34.6. The number of carbonyl (C=O) groups is 2. The molecule has 7 heteroatoms. The van der Waals surface area contributed by atoms with E-state index in [0.717, 1.165) is 48.9 Å². The fourth-order valence-electron chi connectivity index (χ4n) is 4.61. The number of hydrogen-bond donors (Lipinski definition) is 1. The highest BCUT2D eigenvalue weighted by Gasteiger charge is 2.34. The zero-order valence-corrected chi connectivity index (χ0v) is 21.7. The summed E-state index contributed by atoms with van der Waals surface area (Å²) in [5, 5.41) is 2.96. The van der Waals surface area contributed by atoms with E-state index in [2.05, 4.69) is 21.2 Å². The monoisotopic (exact) mass is 535 g/mol. The summed E-state index contributed by atoms with van der Waals surface area (Å²) in [7, 11) is 0. The molecule has 0 heterocycles. The molecule has 1 amide bonds. The Morgan fingerprint density at radius 3 is 2.47 bits per heavy atom. The molecule has 2 aromatic rings. The second-order valence-electron chi connectivity index (χ2n) is 9.98. The van der Waals surface area contributed by atoms with Gasteiger partial charge in [-0.15, -0.1) is 0 Å². The summed E-state index contributed by atoms with van der Waals surface area (Å²) in [6.45, 7) is 7.36. The number of rotatable bonds is 7. The van der Waals surface area contributed by atoms with Crippen LogP contribution in [0.15, 0.2) is 34.8 Å². The maximum atomic E-state index is 14.8. The van der Waals surface area contributed by atoms with Gasteiger partial charge in [-0.05, 0) is 98.1 Å². The van der Waals surface area contributed by atoms with Crippen LogP contribution in [0.4, 0.5) is 14.5 Å². The van der Waals surface area contributed by atoms with E-state index in [-0.39, 0.29) is 34.3 Å². The van der Waals surface area contributed by atoms with E-state index in [0.29, 0.717) is 12.1 Å². The smallest absolute Gasteiger partial charge is 0.306 e. The molecule has 1 unspecified atom stereocenters. The summed E-state index contributed by atoms with van der Waals surface area (Å²) in [5.74, 6) is -2.65. The van der Waals surface area contributed by atoms with Crippen molar-refractivity contribution in [3.63, 3.8) is 0 Å². The fourth-order valence-corrected chi connectivity index (χ4v) is 4.92. The lowest BCUT2D eigenvalue weighted by atomic mass is 9.83. The molecule has 1 N–H and O–H groups in total. The van der Waals surface area contributed by atoms with Gasteiger partial charge < -0.3 is 10.1 Å². The molecule has 0 bridgehead atoms. The minimum atomic E-state index is -0.782. The Morgan fingerprint density at radius 1 is 1.15 bits per heavy atom. The summed E-state index contributed by atoms with van der Waals surface area (Å²) in [6, 6.07) is 7.73. The van der Waals surface area contributed by atoms with Gasteiger partial charge in [-0.1, -0.05) is 25.0 Å². The molecular formula is C27H32BrF2NO3. The SMILES string of the molecule is Cc1c(CCC(=O)OC(C)(C)C)cccc1NC(=O)C(c1cc(F)c(Br)cc1F)C1CCCC1. The van der Waals surface area contributed by atoms with Crippen LogP contribution in [-0.4, -0.2) is 17.5 Å². The molecule has 1 aliphatic rings. The Morgan fingerprint density at radius 2 is 1.82 bits per heavy atom. The van der Waals surface area contributed by atoms with E-state index in [1.165, 1.54) is 0 Å². The Hall–Kier alpha value is -2.28. The van der Waals surface area contributed by atoms with Crippen LogP contribution in [0.2, 0.25) is 0 Å². The van der Waals surface area contributed by atoms with Gasteiger partial charge in [-0.2, -0.15) is 0 Å². The van der Waals surface area contributed by atoms with E-state index >= 15 is 0 Å². The quantitative estimate of drug-likeness (QED) is 0.300. The Kier molecular flexibility index (Phi) is 8.50. The predicted molar refractivity (Wildman–Crippen MR) is 133 cm³/mol. The second kappa shape index (κ2) is 11.0. The number of esters is 1. The van der Waals surface area contributed by atoms with Crippen LogP contribution < -0.4 is 5.32 Å². The molecule has 1 aliphatic carbocycles. The van der Waals surface area contributed by atoms with Gasteiger partial charge in [0.2, 0.25) is 5.91 Å². The molecule has 0 spiro atoms. The predicted octanol–water partition coefficient (Wildman–Crippen LogP) is 7.22. The molecule has 184 valence electrons. The highest BCUT2D eigenvalue weighted by Crippen LogP contribution is 2.40. The van der Waals surface area contributed by atoms with Crippen molar-refractivity contribution in [2.45, 2.75) is 77.7 Å². The first-order valence-electron chi connectivity index (χ1n) is 11.7. The molecule has 0 radical (unpaired) electrons. The number of aryl methyl sites for hydroxylation is 1. The molecule has 0 aliphatic heterocycles. The van der Waals surface area contributed by atoms with Gasteiger partial charge in [0, 0.05) is 17.7 Å². The lowest BCUT2D eigenvalue weighted by Crippen LogP contribution is -2.28. The van der Waals surface area contributed by atoms with Gasteiger partial charge in [0.1, 0.15) is 17.2 Å². The third-order valence-electron chi connectivity index (χ3n) is 6.25. The van der Waals surface area contributed by atoms with Crippen LogP contribution in [0.3, 0.4) is 0 Å². The third kappa shape index (κ3) is 6.65. The maximum absolute atomic E-state index is 14.8. The van der Waals surface area contributed by atoms with E-state index < -0.39 is 23.2 Å². The first-order valence-corrected chi connectivity index (χ1v) is 12.5. The van der Waals surface area contributed by atoms with Crippen LogP contribution >= 0.6 is 15.9 Å². The lowest BCUT2D eigenvalue weighted by Gasteiger charge is -2.25.